The summed E-state index contributed by atoms with van der Waals surface area (Å²) in [6.07, 6.45) is -6.49. The van der Waals surface area contributed by atoms with Crippen molar-refractivity contribution >= 4 is 6.09 Å². The monoisotopic (exact) mass is 313 g/mol. The zero-order valence-electron chi connectivity index (χ0n) is 11.7. The van der Waals surface area contributed by atoms with E-state index in [-0.39, 0.29) is 6.61 Å². The predicted molar refractivity (Wildman–Crippen MR) is 73.5 cm³/mol. The first kappa shape index (κ1) is 16.7. The molecule has 1 aromatic rings. The molecule has 1 heterocycles. The van der Waals surface area contributed by atoms with Crippen LogP contribution in [0.2, 0.25) is 0 Å². The van der Waals surface area contributed by atoms with Crippen molar-refractivity contribution in [1.82, 2.24) is 5.32 Å². The number of ether oxygens (including phenoxy) is 2. The number of aliphatic hydroxyl groups is 4. The fourth-order valence-corrected chi connectivity index (χ4v) is 2.15. The molecule has 1 saturated heterocycles. The van der Waals surface area contributed by atoms with Crippen LogP contribution >= 0.6 is 0 Å². The van der Waals surface area contributed by atoms with Crippen LogP contribution in [0.15, 0.2) is 30.3 Å². The first-order valence-corrected chi connectivity index (χ1v) is 6.80. The SMILES string of the molecule is O=C(N[C@@H]1[C@H](O)[C@H](O)[C@@H](CO)O[C@H]1O)OCc1ccccc1. The fourth-order valence-electron chi connectivity index (χ4n) is 2.15. The number of rotatable bonds is 4. The molecule has 2 rings (SSSR count). The Morgan fingerprint density at radius 1 is 1.18 bits per heavy atom. The van der Waals surface area contributed by atoms with Gasteiger partial charge in [-0.05, 0) is 5.56 Å². The standard InChI is InChI=1S/C14H19NO7/c16-6-9-11(17)12(18)10(13(19)22-9)15-14(20)21-7-8-4-2-1-3-5-8/h1-5,9-13,16-19H,6-7H2,(H,15,20)/t9-,10-,11-,12+,13-/m1/s1. The van der Waals surface area contributed by atoms with E-state index in [2.05, 4.69) is 5.32 Å². The van der Waals surface area contributed by atoms with Gasteiger partial charge in [-0.25, -0.2) is 4.79 Å². The Morgan fingerprint density at radius 3 is 2.50 bits per heavy atom. The summed E-state index contributed by atoms with van der Waals surface area (Å²) in [5, 5.41) is 40.5. The van der Waals surface area contributed by atoms with E-state index in [1.807, 2.05) is 6.07 Å². The van der Waals surface area contributed by atoms with E-state index >= 15 is 0 Å². The lowest BCUT2D eigenvalue weighted by atomic mass is 9.97. The maximum atomic E-state index is 11.7. The number of carbonyl (C=O) groups is 1. The predicted octanol–water partition coefficient (Wildman–Crippen LogP) is -1.29. The molecule has 0 radical (unpaired) electrons. The maximum absolute atomic E-state index is 11.7. The minimum Gasteiger partial charge on any atom is -0.445 e. The average molecular weight is 313 g/mol. The number of hydrogen-bond donors (Lipinski definition) is 5. The van der Waals surface area contributed by atoms with Crippen LogP contribution in [0.5, 0.6) is 0 Å². The number of carbonyl (C=O) groups excluding carboxylic acids is 1. The van der Waals surface area contributed by atoms with Crippen molar-refractivity contribution in [3.63, 3.8) is 0 Å². The van der Waals surface area contributed by atoms with Gasteiger partial charge >= 0.3 is 6.09 Å². The molecule has 0 aromatic heterocycles. The molecule has 22 heavy (non-hydrogen) atoms. The lowest BCUT2D eigenvalue weighted by Gasteiger charge is -2.39. The largest absolute Gasteiger partial charge is 0.445 e. The number of alkyl carbamates (subject to hydrolysis) is 1. The lowest BCUT2D eigenvalue weighted by molar-refractivity contribution is -0.253. The Bertz CT molecular complexity index is 483. The van der Waals surface area contributed by atoms with Crippen LogP contribution in [0, 0.1) is 0 Å². The molecule has 5 N–H and O–H groups in total. The molecular weight excluding hydrogens is 294 g/mol. The van der Waals surface area contributed by atoms with E-state index in [0.717, 1.165) is 5.56 Å². The number of benzene rings is 1. The van der Waals surface area contributed by atoms with Crippen LogP contribution in [0.3, 0.4) is 0 Å². The van der Waals surface area contributed by atoms with Crippen molar-refractivity contribution in [2.24, 2.45) is 0 Å². The third-order valence-corrected chi connectivity index (χ3v) is 3.40. The van der Waals surface area contributed by atoms with E-state index in [9.17, 15) is 20.1 Å². The summed E-state index contributed by atoms with van der Waals surface area (Å²) in [6.45, 7) is -0.547. The van der Waals surface area contributed by atoms with E-state index in [1.54, 1.807) is 24.3 Å². The number of aliphatic hydroxyl groups excluding tert-OH is 4. The molecule has 1 aliphatic rings. The van der Waals surface area contributed by atoms with Crippen LogP contribution in [-0.2, 0) is 16.1 Å². The highest BCUT2D eigenvalue weighted by molar-refractivity contribution is 5.67. The lowest BCUT2D eigenvalue weighted by Crippen LogP contribution is -2.64. The fraction of sp³-hybridized carbons (Fsp3) is 0.500. The van der Waals surface area contributed by atoms with Gasteiger partial charge in [0.1, 0.15) is 31.0 Å². The highest BCUT2D eigenvalue weighted by Gasteiger charge is 2.44. The molecule has 1 amide bonds. The topological polar surface area (TPSA) is 128 Å². The molecular formula is C14H19NO7. The molecule has 1 aliphatic heterocycles. The van der Waals surface area contributed by atoms with Gasteiger partial charge in [-0.2, -0.15) is 0 Å². The molecule has 1 fully saturated rings. The second kappa shape index (κ2) is 7.52. The van der Waals surface area contributed by atoms with Gasteiger partial charge in [0.15, 0.2) is 6.29 Å². The minimum atomic E-state index is -1.57. The molecule has 8 nitrogen and oxygen atoms in total. The smallest absolute Gasteiger partial charge is 0.407 e. The second-order valence-corrected chi connectivity index (χ2v) is 4.96. The Kier molecular flexibility index (Phi) is 5.69. The molecule has 8 heteroatoms. The molecule has 0 aliphatic carbocycles. The van der Waals surface area contributed by atoms with Gasteiger partial charge in [0.2, 0.25) is 0 Å². The molecule has 0 unspecified atom stereocenters. The summed E-state index contributed by atoms with van der Waals surface area (Å²) in [4.78, 5) is 11.7. The normalized spacial score (nSPS) is 31.5. The van der Waals surface area contributed by atoms with Crippen LogP contribution in [0.25, 0.3) is 0 Å². The summed E-state index contributed by atoms with van der Waals surface area (Å²) >= 11 is 0. The number of hydrogen-bond acceptors (Lipinski definition) is 7. The van der Waals surface area contributed by atoms with Crippen molar-refractivity contribution in [3.05, 3.63) is 35.9 Å². The summed E-state index contributed by atoms with van der Waals surface area (Å²) in [6, 6.07) is 7.71. The Morgan fingerprint density at radius 2 is 1.86 bits per heavy atom. The van der Waals surface area contributed by atoms with E-state index in [0.29, 0.717) is 0 Å². The highest BCUT2D eigenvalue weighted by Crippen LogP contribution is 2.19. The van der Waals surface area contributed by atoms with Gasteiger partial charge in [0, 0.05) is 0 Å². The Balaban J connectivity index is 1.87. The zero-order valence-corrected chi connectivity index (χ0v) is 11.7. The second-order valence-electron chi connectivity index (χ2n) is 4.96. The van der Waals surface area contributed by atoms with Crippen molar-refractivity contribution < 1.29 is 34.7 Å². The number of amides is 1. The van der Waals surface area contributed by atoms with Crippen molar-refractivity contribution in [1.29, 1.82) is 0 Å². The summed E-state index contributed by atoms with van der Waals surface area (Å²) in [5.74, 6) is 0. The molecule has 0 saturated carbocycles. The van der Waals surface area contributed by atoms with Crippen LogP contribution in [0.4, 0.5) is 4.79 Å². The first-order valence-electron chi connectivity index (χ1n) is 6.80. The van der Waals surface area contributed by atoms with Crippen molar-refractivity contribution in [2.75, 3.05) is 6.61 Å². The van der Waals surface area contributed by atoms with Gasteiger partial charge in [-0.1, -0.05) is 30.3 Å². The zero-order chi connectivity index (χ0) is 16.1. The quantitative estimate of drug-likeness (QED) is 0.468. The van der Waals surface area contributed by atoms with Crippen LogP contribution in [-0.4, -0.2) is 63.8 Å². The van der Waals surface area contributed by atoms with Crippen LogP contribution < -0.4 is 5.32 Å². The van der Waals surface area contributed by atoms with Gasteiger partial charge in [-0.15, -0.1) is 0 Å². The minimum absolute atomic E-state index is 0.0221. The van der Waals surface area contributed by atoms with Crippen LogP contribution in [0.1, 0.15) is 5.56 Å². The number of nitrogens with one attached hydrogen (secondary N) is 1. The maximum Gasteiger partial charge on any atom is 0.407 e. The molecule has 122 valence electrons. The molecule has 0 bridgehead atoms. The van der Waals surface area contributed by atoms with Gasteiger partial charge in [0.05, 0.1) is 6.61 Å². The Hall–Kier alpha value is -1.71. The molecule has 1 aromatic carbocycles. The molecule has 0 spiro atoms. The van der Waals surface area contributed by atoms with Crippen molar-refractivity contribution in [3.8, 4) is 0 Å². The van der Waals surface area contributed by atoms with E-state index < -0.39 is 43.3 Å². The van der Waals surface area contributed by atoms with Crippen molar-refractivity contribution in [2.45, 2.75) is 37.3 Å². The van der Waals surface area contributed by atoms with E-state index in [1.165, 1.54) is 0 Å². The van der Waals surface area contributed by atoms with Gasteiger partial charge in [0.25, 0.3) is 0 Å². The van der Waals surface area contributed by atoms with Gasteiger partial charge in [-0.3, -0.25) is 0 Å². The third-order valence-electron chi connectivity index (χ3n) is 3.40. The molecule has 5 atom stereocenters. The third kappa shape index (κ3) is 3.93. The van der Waals surface area contributed by atoms with E-state index in [4.69, 9.17) is 14.6 Å². The summed E-state index contributed by atoms with van der Waals surface area (Å²) < 4.78 is 9.88. The Labute approximate surface area is 126 Å². The highest BCUT2D eigenvalue weighted by atomic mass is 16.6. The summed E-state index contributed by atoms with van der Waals surface area (Å²) in [5.41, 5.74) is 0.777. The first-order chi connectivity index (χ1) is 10.5. The van der Waals surface area contributed by atoms with Gasteiger partial charge < -0.3 is 35.2 Å². The summed E-state index contributed by atoms with van der Waals surface area (Å²) in [7, 11) is 0. The average Bonchev–Trinajstić information content (AvgIpc) is 2.54.